The molecule has 0 saturated heterocycles. The van der Waals surface area contributed by atoms with Crippen LogP contribution >= 0.6 is 0 Å². The Hall–Kier alpha value is -0.400. The lowest BCUT2D eigenvalue weighted by atomic mass is 10.4. The van der Waals surface area contributed by atoms with Gasteiger partial charge in [-0.05, 0) is 19.4 Å². The first-order valence-corrected chi connectivity index (χ1v) is 2.01. The van der Waals surface area contributed by atoms with E-state index in [0.29, 0.717) is 6.42 Å². The molecule has 0 aliphatic heterocycles. The molecule has 0 atom stereocenters. The topological polar surface area (TPSA) is 0 Å². The summed E-state index contributed by atoms with van der Waals surface area (Å²) in [5.41, 5.74) is 0. The second-order valence-corrected chi connectivity index (χ2v) is 1.05. The molecular weight excluding hydrogens is 98.1 g/mol. The largest absolute Gasteiger partial charge is 0.257 e. The van der Waals surface area contributed by atoms with Gasteiger partial charge in [-0.2, -0.15) is 0 Å². The van der Waals surface area contributed by atoms with Crippen molar-refractivity contribution in [2.45, 2.75) is 12.8 Å². The lowest BCUT2D eigenvalue weighted by Crippen LogP contribution is -1.77. The van der Waals surface area contributed by atoms with Gasteiger partial charge < -0.3 is 0 Å². The van der Waals surface area contributed by atoms with E-state index < -0.39 is 6.43 Å². The molecule has 0 saturated carbocycles. The van der Waals surface area contributed by atoms with E-state index in [2.05, 4.69) is 6.92 Å². The summed E-state index contributed by atoms with van der Waals surface area (Å²) in [6, 6.07) is 0. The molecule has 0 amide bonds. The van der Waals surface area contributed by atoms with Gasteiger partial charge in [-0.3, -0.25) is 0 Å². The highest BCUT2D eigenvalue weighted by Crippen LogP contribution is 1.93. The molecule has 1 radical (unpaired) electrons. The molecule has 0 aliphatic rings. The maximum atomic E-state index is 11.1. The molecule has 0 bridgehead atoms. The average molecular weight is 105 g/mol. The van der Waals surface area contributed by atoms with Gasteiger partial charge in [-0.1, -0.05) is 6.08 Å². The van der Waals surface area contributed by atoms with Crippen LogP contribution in [0.15, 0.2) is 12.2 Å². The van der Waals surface area contributed by atoms with Crippen molar-refractivity contribution in [2.75, 3.05) is 0 Å². The fraction of sp³-hybridized carbons (Fsp3) is 0.400. The third kappa shape index (κ3) is 5.60. The predicted octanol–water partition coefficient (Wildman–Crippen LogP) is 2.03. The molecule has 0 aromatic heterocycles. The van der Waals surface area contributed by atoms with E-state index in [1.807, 2.05) is 0 Å². The zero-order valence-corrected chi connectivity index (χ0v) is 3.90. The number of halogens is 2. The molecule has 0 fully saturated rings. The Kier molecular flexibility index (Phi) is 3.56. The van der Waals surface area contributed by atoms with Gasteiger partial charge in [-0.15, -0.1) is 0 Å². The van der Waals surface area contributed by atoms with Crippen molar-refractivity contribution in [1.29, 1.82) is 0 Å². The summed E-state index contributed by atoms with van der Waals surface area (Å²) in [5, 5.41) is 0. The van der Waals surface area contributed by atoms with Crippen molar-refractivity contribution >= 4 is 0 Å². The molecule has 0 aliphatic carbocycles. The van der Waals surface area contributed by atoms with Crippen molar-refractivity contribution in [3.8, 4) is 0 Å². The van der Waals surface area contributed by atoms with Crippen LogP contribution in [0.1, 0.15) is 6.42 Å². The van der Waals surface area contributed by atoms with Gasteiger partial charge in [0.15, 0.2) is 0 Å². The second kappa shape index (κ2) is 3.78. The molecule has 0 unspecified atom stereocenters. The van der Waals surface area contributed by atoms with E-state index in [1.54, 1.807) is 0 Å². The van der Waals surface area contributed by atoms with Crippen LogP contribution in [0.2, 0.25) is 0 Å². The van der Waals surface area contributed by atoms with E-state index in [-0.39, 0.29) is 0 Å². The highest BCUT2D eigenvalue weighted by molar-refractivity contribution is 4.84. The van der Waals surface area contributed by atoms with E-state index in [0.717, 1.165) is 6.08 Å². The minimum Gasteiger partial charge on any atom is -0.206 e. The van der Waals surface area contributed by atoms with Crippen LogP contribution in [-0.4, -0.2) is 6.43 Å². The predicted molar refractivity (Wildman–Crippen MR) is 25.1 cm³/mol. The first-order valence-electron chi connectivity index (χ1n) is 2.01. The van der Waals surface area contributed by atoms with Crippen molar-refractivity contribution in [1.82, 2.24) is 0 Å². The molecule has 41 valence electrons. The van der Waals surface area contributed by atoms with Gasteiger partial charge in [0.05, 0.1) is 0 Å². The Morgan fingerprint density at radius 3 is 2.29 bits per heavy atom. The Bertz CT molecular complexity index is 57.1. The van der Waals surface area contributed by atoms with Gasteiger partial charge >= 0.3 is 0 Å². The van der Waals surface area contributed by atoms with Crippen molar-refractivity contribution in [2.24, 2.45) is 0 Å². The molecule has 0 nitrogen and oxygen atoms in total. The molecule has 0 spiro atoms. The first-order chi connectivity index (χ1) is 3.27. The SMILES string of the molecule is [CH2]CC=CC(F)F. The highest BCUT2D eigenvalue weighted by Gasteiger charge is 1.88. The standard InChI is InChI=1S/C5H7F2/c1-2-3-4-5(6)7/h3-5H,1-2H2. The van der Waals surface area contributed by atoms with E-state index >= 15 is 0 Å². The maximum absolute atomic E-state index is 11.1. The third-order valence-electron chi connectivity index (χ3n) is 0.448. The van der Waals surface area contributed by atoms with Crippen LogP contribution in [0.25, 0.3) is 0 Å². The number of rotatable bonds is 2. The minimum absolute atomic E-state index is 0.435. The van der Waals surface area contributed by atoms with E-state index in [1.165, 1.54) is 6.08 Å². The number of alkyl halides is 2. The third-order valence-corrected chi connectivity index (χ3v) is 0.448. The van der Waals surface area contributed by atoms with Crippen LogP contribution in [0, 0.1) is 6.92 Å². The fourth-order valence-corrected chi connectivity index (χ4v) is 0.199. The Balaban J connectivity index is 3.08. The number of allylic oxidation sites excluding steroid dienone is 2. The number of hydrogen-bond donors (Lipinski definition) is 0. The van der Waals surface area contributed by atoms with E-state index in [4.69, 9.17) is 0 Å². The quantitative estimate of drug-likeness (QED) is 0.471. The van der Waals surface area contributed by atoms with Crippen molar-refractivity contribution in [3.63, 3.8) is 0 Å². The summed E-state index contributed by atoms with van der Waals surface area (Å²) in [5.74, 6) is 0. The van der Waals surface area contributed by atoms with Gasteiger partial charge in [0.25, 0.3) is 6.43 Å². The lowest BCUT2D eigenvalue weighted by molar-refractivity contribution is 0.204. The first kappa shape index (κ1) is 6.60. The fourth-order valence-electron chi connectivity index (χ4n) is 0.199. The molecule has 0 aromatic carbocycles. The smallest absolute Gasteiger partial charge is 0.206 e. The number of hydrogen-bond acceptors (Lipinski definition) is 0. The normalized spacial score (nSPS) is 11.4. The van der Waals surface area contributed by atoms with Crippen LogP contribution in [-0.2, 0) is 0 Å². The van der Waals surface area contributed by atoms with Crippen LogP contribution < -0.4 is 0 Å². The average Bonchev–Trinajstić information content (AvgIpc) is 1.61. The van der Waals surface area contributed by atoms with Crippen LogP contribution in [0.3, 0.4) is 0 Å². The molecule has 0 N–H and O–H groups in total. The zero-order valence-electron chi connectivity index (χ0n) is 3.90. The van der Waals surface area contributed by atoms with Gasteiger partial charge in [0.2, 0.25) is 0 Å². The summed E-state index contributed by atoms with van der Waals surface area (Å²) in [6.45, 7) is 3.34. The molecular formula is C5H7F2. The summed E-state index contributed by atoms with van der Waals surface area (Å²) in [7, 11) is 0. The second-order valence-electron chi connectivity index (χ2n) is 1.05. The van der Waals surface area contributed by atoms with Crippen LogP contribution in [0.5, 0.6) is 0 Å². The Morgan fingerprint density at radius 2 is 2.14 bits per heavy atom. The summed E-state index contributed by atoms with van der Waals surface area (Å²) in [6.07, 6.45) is 0.281. The maximum Gasteiger partial charge on any atom is 0.257 e. The molecule has 0 heterocycles. The Morgan fingerprint density at radius 1 is 1.57 bits per heavy atom. The van der Waals surface area contributed by atoms with E-state index in [9.17, 15) is 8.78 Å². The zero-order chi connectivity index (χ0) is 5.70. The molecule has 0 aromatic rings. The monoisotopic (exact) mass is 105 g/mol. The highest BCUT2D eigenvalue weighted by atomic mass is 19.3. The van der Waals surface area contributed by atoms with Crippen molar-refractivity contribution < 1.29 is 8.78 Å². The molecule has 7 heavy (non-hydrogen) atoms. The molecule has 0 rings (SSSR count). The Labute approximate surface area is 41.8 Å². The van der Waals surface area contributed by atoms with Gasteiger partial charge in [0, 0.05) is 0 Å². The van der Waals surface area contributed by atoms with Gasteiger partial charge in [-0.25, -0.2) is 8.78 Å². The molecule has 2 heteroatoms. The minimum atomic E-state index is -2.32. The lowest BCUT2D eigenvalue weighted by Gasteiger charge is -1.81. The summed E-state index contributed by atoms with van der Waals surface area (Å²) >= 11 is 0. The van der Waals surface area contributed by atoms with Crippen LogP contribution in [0.4, 0.5) is 8.78 Å². The van der Waals surface area contributed by atoms with Gasteiger partial charge in [0.1, 0.15) is 0 Å². The van der Waals surface area contributed by atoms with Crippen molar-refractivity contribution in [3.05, 3.63) is 19.1 Å². The summed E-state index contributed by atoms with van der Waals surface area (Å²) in [4.78, 5) is 0. The summed E-state index contributed by atoms with van der Waals surface area (Å²) < 4.78 is 22.2.